The molecule has 0 amide bonds. The highest BCUT2D eigenvalue weighted by atomic mass is 35.5. The fraction of sp³-hybridized carbons (Fsp3) is 0.556. The number of carbonyl (C=O) groups excluding carboxylic acids is 1. The molecule has 0 aliphatic rings. The van der Waals surface area contributed by atoms with Gasteiger partial charge in [-0.3, -0.25) is 0 Å². The second-order valence-corrected chi connectivity index (χ2v) is 4.15. The number of carbonyl (C=O) groups is 1. The maximum Gasteiger partial charge on any atom is 0.419 e. The summed E-state index contributed by atoms with van der Waals surface area (Å²) in [6.07, 6.45) is 2.51. The predicted octanol–water partition coefficient (Wildman–Crippen LogP) is 2.41. The molecule has 0 aliphatic heterocycles. The van der Waals surface area contributed by atoms with Crippen molar-refractivity contribution in [2.45, 2.75) is 32.3 Å². The zero-order valence-electron chi connectivity index (χ0n) is 8.45. The zero-order chi connectivity index (χ0) is 10.8. The molecule has 1 aromatic rings. The minimum absolute atomic E-state index is 0.287. The lowest BCUT2D eigenvalue weighted by molar-refractivity contribution is 0.0536. The van der Waals surface area contributed by atoms with Crippen molar-refractivity contribution in [3.63, 3.8) is 0 Å². The summed E-state index contributed by atoms with van der Waals surface area (Å²) in [6.45, 7) is 5.43. The molecule has 14 heavy (non-hydrogen) atoms. The van der Waals surface area contributed by atoms with Crippen LogP contribution in [0.25, 0.3) is 0 Å². The number of imidazole rings is 1. The molecule has 0 atom stereocenters. The number of hydrogen-bond acceptors (Lipinski definition) is 3. The van der Waals surface area contributed by atoms with Crippen LogP contribution >= 0.6 is 11.6 Å². The quantitative estimate of drug-likeness (QED) is 0.678. The Labute approximate surface area is 87.8 Å². The summed E-state index contributed by atoms with van der Waals surface area (Å²) < 4.78 is 6.40. The molecule has 0 radical (unpaired) electrons. The third kappa shape index (κ3) is 3.03. The fourth-order valence-electron chi connectivity index (χ4n) is 0.847. The lowest BCUT2D eigenvalue weighted by atomic mass is 10.2. The summed E-state index contributed by atoms with van der Waals surface area (Å²) in [5.41, 5.74) is 0.153. The van der Waals surface area contributed by atoms with Crippen LogP contribution in [0.15, 0.2) is 12.5 Å². The monoisotopic (exact) mass is 216 g/mol. The molecule has 0 N–H and O–H groups in total. The normalized spacial score (nSPS) is 11.4. The Morgan fingerprint density at radius 3 is 2.71 bits per heavy atom. The Morgan fingerprint density at radius 2 is 2.29 bits per heavy atom. The number of nitrogens with zero attached hydrogens (tertiary/aromatic N) is 2. The minimum atomic E-state index is -0.498. The van der Waals surface area contributed by atoms with E-state index in [0.717, 1.165) is 0 Å². The van der Waals surface area contributed by atoms with E-state index < -0.39 is 11.7 Å². The highest BCUT2D eigenvalue weighted by Gasteiger charge is 2.17. The average Bonchev–Trinajstić information content (AvgIpc) is 2.48. The van der Waals surface area contributed by atoms with Gasteiger partial charge in [-0.2, -0.15) is 0 Å². The van der Waals surface area contributed by atoms with Crippen LogP contribution < -0.4 is 0 Å². The minimum Gasteiger partial charge on any atom is -0.443 e. The van der Waals surface area contributed by atoms with Gasteiger partial charge in [0.05, 0.1) is 11.6 Å². The molecule has 78 valence electrons. The van der Waals surface area contributed by atoms with Gasteiger partial charge in [0.25, 0.3) is 0 Å². The fourth-order valence-corrected chi connectivity index (χ4v) is 0.985. The molecule has 0 aliphatic carbocycles. The van der Waals surface area contributed by atoms with Crippen LogP contribution in [-0.4, -0.2) is 21.2 Å². The van der Waals surface area contributed by atoms with E-state index in [0.29, 0.717) is 5.69 Å². The van der Waals surface area contributed by atoms with E-state index in [9.17, 15) is 4.79 Å². The number of halogens is 1. The van der Waals surface area contributed by atoms with Gasteiger partial charge in [-0.25, -0.2) is 14.3 Å². The summed E-state index contributed by atoms with van der Waals surface area (Å²) in [4.78, 5) is 15.4. The molecule has 0 saturated heterocycles. The Bertz CT molecular complexity index is 328. The van der Waals surface area contributed by atoms with Gasteiger partial charge in [0.15, 0.2) is 0 Å². The number of hydrogen-bond donors (Lipinski definition) is 0. The van der Waals surface area contributed by atoms with Crippen LogP contribution in [-0.2, 0) is 10.6 Å². The largest absolute Gasteiger partial charge is 0.443 e. The molecule has 1 heterocycles. The van der Waals surface area contributed by atoms with Crippen molar-refractivity contribution in [1.82, 2.24) is 9.55 Å². The average molecular weight is 217 g/mol. The standard InChI is InChI=1S/C9H13ClN2O2/c1-9(2,3)14-8(13)12-5-7(4-10)11-6-12/h5-6H,4H2,1-3H3. The van der Waals surface area contributed by atoms with Gasteiger partial charge in [-0.05, 0) is 20.8 Å². The lowest BCUT2D eigenvalue weighted by Crippen LogP contribution is -2.26. The van der Waals surface area contributed by atoms with E-state index in [1.165, 1.54) is 10.9 Å². The Hall–Kier alpha value is -1.03. The maximum absolute atomic E-state index is 11.4. The Balaban J connectivity index is 2.70. The molecule has 1 rings (SSSR count). The summed E-state index contributed by atoms with van der Waals surface area (Å²) in [6, 6.07) is 0. The molecule has 5 heteroatoms. The second kappa shape index (κ2) is 4.00. The Morgan fingerprint density at radius 1 is 1.64 bits per heavy atom. The summed E-state index contributed by atoms with van der Waals surface area (Å²) in [7, 11) is 0. The van der Waals surface area contributed by atoms with E-state index >= 15 is 0 Å². The highest BCUT2D eigenvalue weighted by Crippen LogP contribution is 2.09. The van der Waals surface area contributed by atoms with E-state index in [4.69, 9.17) is 16.3 Å². The maximum atomic E-state index is 11.4. The summed E-state index contributed by atoms with van der Waals surface area (Å²) >= 11 is 5.55. The van der Waals surface area contributed by atoms with Crippen LogP contribution in [0.1, 0.15) is 26.5 Å². The first-order valence-electron chi connectivity index (χ1n) is 4.24. The van der Waals surface area contributed by atoms with E-state index in [1.54, 1.807) is 6.20 Å². The lowest BCUT2D eigenvalue weighted by Gasteiger charge is -2.18. The van der Waals surface area contributed by atoms with Crippen molar-refractivity contribution in [3.05, 3.63) is 18.2 Å². The van der Waals surface area contributed by atoms with Crippen molar-refractivity contribution in [1.29, 1.82) is 0 Å². The van der Waals surface area contributed by atoms with Crippen molar-refractivity contribution in [3.8, 4) is 0 Å². The van der Waals surface area contributed by atoms with Crippen LogP contribution in [0.5, 0.6) is 0 Å². The second-order valence-electron chi connectivity index (χ2n) is 3.89. The van der Waals surface area contributed by atoms with E-state index in [1.807, 2.05) is 20.8 Å². The van der Waals surface area contributed by atoms with Crippen molar-refractivity contribution in [2.24, 2.45) is 0 Å². The van der Waals surface area contributed by atoms with Gasteiger partial charge >= 0.3 is 6.09 Å². The molecule has 4 nitrogen and oxygen atoms in total. The van der Waals surface area contributed by atoms with Crippen molar-refractivity contribution >= 4 is 17.7 Å². The number of rotatable bonds is 1. The number of ether oxygens (including phenoxy) is 1. The van der Waals surface area contributed by atoms with Gasteiger partial charge in [0, 0.05) is 6.20 Å². The summed E-state index contributed by atoms with van der Waals surface area (Å²) in [5, 5.41) is 0. The van der Waals surface area contributed by atoms with Gasteiger partial charge in [-0.15, -0.1) is 11.6 Å². The topological polar surface area (TPSA) is 44.1 Å². The van der Waals surface area contributed by atoms with Gasteiger partial charge in [-0.1, -0.05) is 0 Å². The number of aromatic nitrogens is 2. The molecule has 0 aromatic carbocycles. The molecule has 0 fully saturated rings. The SMILES string of the molecule is CC(C)(C)OC(=O)n1cnc(CCl)c1. The third-order valence-electron chi connectivity index (χ3n) is 1.38. The van der Waals surface area contributed by atoms with Gasteiger partial charge < -0.3 is 4.74 Å². The van der Waals surface area contributed by atoms with E-state index in [-0.39, 0.29) is 5.88 Å². The smallest absolute Gasteiger partial charge is 0.419 e. The molecular formula is C9H13ClN2O2. The molecule has 0 spiro atoms. The first-order valence-corrected chi connectivity index (χ1v) is 4.78. The van der Waals surface area contributed by atoms with Crippen LogP contribution in [0, 0.1) is 0 Å². The van der Waals surface area contributed by atoms with Crippen molar-refractivity contribution in [2.75, 3.05) is 0 Å². The molecule has 0 unspecified atom stereocenters. The third-order valence-corrected chi connectivity index (χ3v) is 1.65. The molecular weight excluding hydrogens is 204 g/mol. The van der Waals surface area contributed by atoms with Gasteiger partial charge in [0.2, 0.25) is 0 Å². The van der Waals surface area contributed by atoms with Gasteiger partial charge in [0.1, 0.15) is 11.9 Å². The zero-order valence-corrected chi connectivity index (χ0v) is 9.21. The first kappa shape index (κ1) is 11.0. The Kier molecular flexibility index (Phi) is 3.16. The van der Waals surface area contributed by atoms with Crippen molar-refractivity contribution < 1.29 is 9.53 Å². The van der Waals surface area contributed by atoms with Crippen LogP contribution in [0.2, 0.25) is 0 Å². The first-order chi connectivity index (χ1) is 6.42. The molecule has 0 bridgehead atoms. The molecule has 1 aromatic heterocycles. The predicted molar refractivity (Wildman–Crippen MR) is 53.4 cm³/mol. The summed E-state index contributed by atoms with van der Waals surface area (Å²) in [5.74, 6) is 0.287. The molecule has 0 saturated carbocycles. The number of alkyl halides is 1. The van der Waals surface area contributed by atoms with Crippen LogP contribution in [0.3, 0.4) is 0 Å². The highest BCUT2D eigenvalue weighted by molar-refractivity contribution is 6.16. The van der Waals surface area contributed by atoms with Crippen LogP contribution in [0.4, 0.5) is 4.79 Å². The van der Waals surface area contributed by atoms with E-state index in [2.05, 4.69) is 4.98 Å².